The van der Waals surface area contributed by atoms with Crippen molar-refractivity contribution in [1.29, 1.82) is 0 Å². The van der Waals surface area contributed by atoms with Crippen LogP contribution < -0.4 is 24.3 Å². The van der Waals surface area contributed by atoms with Crippen molar-refractivity contribution in [3.8, 4) is 28.9 Å². The minimum absolute atomic E-state index is 0.241. The lowest BCUT2D eigenvalue weighted by atomic mass is 10.2. The number of hydrogen-bond donors (Lipinski definition) is 1. The third kappa shape index (κ3) is 4.51. The number of nitrogens with zero attached hydrogens (tertiary/aromatic N) is 3. The van der Waals surface area contributed by atoms with Crippen LogP contribution in [0.2, 0.25) is 5.15 Å². The van der Waals surface area contributed by atoms with Crippen LogP contribution in [-0.4, -0.2) is 42.4 Å². The molecule has 2 heterocycles. The van der Waals surface area contributed by atoms with E-state index in [0.29, 0.717) is 39.2 Å². The fourth-order valence-corrected chi connectivity index (χ4v) is 3.81. The Hall–Kier alpha value is -3.63. The van der Waals surface area contributed by atoms with Gasteiger partial charge in [-0.15, -0.1) is 10.2 Å². The maximum absolute atomic E-state index is 12.8. The zero-order valence-corrected chi connectivity index (χ0v) is 18.8. The van der Waals surface area contributed by atoms with Gasteiger partial charge in [-0.05, 0) is 24.3 Å². The number of rotatable bonds is 7. The van der Waals surface area contributed by atoms with Crippen LogP contribution in [0.25, 0.3) is 10.2 Å². The summed E-state index contributed by atoms with van der Waals surface area (Å²) in [6.45, 7) is 0. The van der Waals surface area contributed by atoms with Gasteiger partial charge in [0.2, 0.25) is 5.88 Å². The highest BCUT2D eigenvalue weighted by molar-refractivity contribution is 7.22. The second-order valence-electron chi connectivity index (χ2n) is 6.31. The SMILES string of the molecule is COc1cc2nc(NC(=O)c3ccc(Oc4ccc(Cl)nn4)c(OC)c3)sc2cc1OC. The Balaban J connectivity index is 1.54. The molecule has 0 saturated heterocycles. The first-order valence-corrected chi connectivity index (χ1v) is 10.4. The largest absolute Gasteiger partial charge is 0.493 e. The molecule has 1 N–H and O–H groups in total. The highest BCUT2D eigenvalue weighted by atomic mass is 35.5. The number of thiazole rings is 1. The molecule has 32 heavy (non-hydrogen) atoms. The number of methoxy groups -OCH3 is 3. The number of anilines is 1. The lowest BCUT2D eigenvalue weighted by molar-refractivity contribution is 0.102. The first-order valence-electron chi connectivity index (χ1n) is 9.19. The predicted octanol–water partition coefficient (Wildman–Crippen LogP) is 4.81. The number of halogens is 1. The molecular weight excluding hydrogens is 456 g/mol. The van der Waals surface area contributed by atoms with Crippen LogP contribution >= 0.6 is 22.9 Å². The van der Waals surface area contributed by atoms with Crippen molar-refractivity contribution in [2.24, 2.45) is 0 Å². The summed E-state index contributed by atoms with van der Waals surface area (Å²) in [5.41, 5.74) is 1.05. The number of carbonyl (C=O) groups is 1. The van der Waals surface area contributed by atoms with Crippen LogP contribution in [0, 0.1) is 0 Å². The molecule has 0 fully saturated rings. The van der Waals surface area contributed by atoms with E-state index in [9.17, 15) is 4.79 Å². The Labute approximate surface area is 191 Å². The number of ether oxygens (including phenoxy) is 4. The lowest BCUT2D eigenvalue weighted by Gasteiger charge is -2.11. The summed E-state index contributed by atoms with van der Waals surface area (Å²) in [6.07, 6.45) is 0. The molecule has 0 saturated carbocycles. The summed E-state index contributed by atoms with van der Waals surface area (Å²) in [4.78, 5) is 17.2. The first-order chi connectivity index (χ1) is 15.5. The van der Waals surface area contributed by atoms with Crippen molar-refractivity contribution in [3.05, 3.63) is 53.2 Å². The summed E-state index contributed by atoms with van der Waals surface area (Å²) in [5.74, 6) is 1.78. The fraction of sp³-hybridized carbons (Fsp3) is 0.143. The number of aromatic nitrogens is 3. The van der Waals surface area contributed by atoms with E-state index in [1.54, 1.807) is 50.6 Å². The molecule has 0 aliphatic carbocycles. The van der Waals surface area contributed by atoms with Crippen molar-refractivity contribution in [3.63, 3.8) is 0 Å². The molecule has 164 valence electrons. The van der Waals surface area contributed by atoms with E-state index in [4.69, 9.17) is 30.5 Å². The number of carbonyl (C=O) groups excluding carboxylic acids is 1. The number of fused-ring (bicyclic) bond motifs is 1. The van der Waals surface area contributed by atoms with Crippen LogP contribution in [0.15, 0.2) is 42.5 Å². The van der Waals surface area contributed by atoms with Crippen LogP contribution in [0.3, 0.4) is 0 Å². The van der Waals surface area contributed by atoms with E-state index in [0.717, 1.165) is 4.70 Å². The van der Waals surface area contributed by atoms with Gasteiger partial charge in [-0.3, -0.25) is 10.1 Å². The van der Waals surface area contributed by atoms with Gasteiger partial charge in [0.15, 0.2) is 33.3 Å². The minimum Gasteiger partial charge on any atom is -0.493 e. The van der Waals surface area contributed by atoms with Gasteiger partial charge < -0.3 is 18.9 Å². The van der Waals surface area contributed by atoms with Gasteiger partial charge >= 0.3 is 0 Å². The maximum atomic E-state index is 12.8. The van der Waals surface area contributed by atoms with E-state index in [1.165, 1.54) is 18.4 Å². The highest BCUT2D eigenvalue weighted by Gasteiger charge is 2.16. The molecule has 0 aliphatic heterocycles. The third-order valence-electron chi connectivity index (χ3n) is 4.36. The monoisotopic (exact) mass is 472 g/mol. The molecule has 9 nitrogen and oxygen atoms in total. The van der Waals surface area contributed by atoms with Gasteiger partial charge in [0.25, 0.3) is 5.91 Å². The van der Waals surface area contributed by atoms with Crippen LogP contribution in [0.5, 0.6) is 28.9 Å². The topological polar surface area (TPSA) is 105 Å². The summed E-state index contributed by atoms with van der Waals surface area (Å²) in [5, 5.41) is 11.1. The van der Waals surface area contributed by atoms with Crippen molar-refractivity contribution in [2.75, 3.05) is 26.6 Å². The van der Waals surface area contributed by atoms with Gasteiger partial charge in [0.1, 0.15) is 0 Å². The Morgan fingerprint density at radius 3 is 2.31 bits per heavy atom. The van der Waals surface area contributed by atoms with E-state index >= 15 is 0 Å². The smallest absolute Gasteiger partial charge is 0.257 e. The van der Waals surface area contributed by atoms with Crippen molar-refractivity contribution < 1.29 is 23.7 Å². The molecular formula is C21H17ClN4O5S. The van der Waals surface area contributed by atoms with E-state index in [-0.39, 0.29) is 16.9 Å². The lowest BCUT2D eigenvalue weighted by Crippen LogP contribution is -2.11. The Morgan fingerprint density at radius 2 is 1.62 bits per heavy atom. The quantitative estimate of drug-likeness (QED) is 0.408. The molecule has 2 aromatic heterocycles. The maximum Gasteiger partial charge on any atom is 0.257 e. The van der Waals surface area contributed by atoms with Crippen molar-refractivity contribution in [2.45, 2.75) is 0 Å². The molecule has 0 unspecified atom stereocenters. The zero-order chi connectivity index (χ0) is 22.7. The van der Waals surface area contributed by atoms with Crippen LogP contribution in [0.4, 0.5) is 5.13 Å². The molecule has 0 bridgehead atoms. The van der Waals surface area contributed by atoms with E-state index in [1.807, 2.05) is 6.07 Å². The van der Waals surface area contributed by atoms with E-state index in [2.05, 4.69) is 20.5 Å². The van der Waals surface area contributed by atoms with Crippen LogP contribution in [0.1, 0.15) is 10.4 Å². The van der Waals surface area contributed by atoms with Crippen molar-refractivity contribution >= 4 is 44.2 Å². The molecule has 4 rings (SSSR count). The normalized spacial score (nSPS) is 10.6. The predicted molar refractivity (Wildman–Crippen MR) is 121 cm³/mol. The Kier molecular flexibility index (Phi) is 6.24. The molecule has 4 aromatic rings. The number of benzene rings is 2. The Morgan fingerprint density at radius 1 is 0.906 bits per heavy atom. The molecule has 11 heteroatoms. The molecule has 0 atom stereocenters. The van der Waals surface area contributed by atoms with Crippen molar-refractivity contribution in [1.82, 2.24) is 15.2 Å². The van der Waals surface area contributed by atoms with Crippen LogP contribution in [-0.2, 0) is 0 Å². The second kappa shape index (κ2) is 9.25. The molecule has 2 aromatic carbocycles. The first kappa shape index (κ1) is 21.6. The zero-order valence-electron chi connectivity index (χ0n) is 17.2. The molecule has 0 aliphatic rings. The van der Waals surface area contributed by atoms with Gasteiger partial charge in [0, 0.05) is 23.8 Å². The highest BCUT2D eigenvalue weighted by Crippen LogP contribution is 2.36. The number of amides is 1. The van der Waals surface area contributed by atoms with Gasteiger partial charge in [-0.1, -0.05) is 22.9 Å². The fourth-order valence-electron chi connectivity index (χ4n) is 2.84. The standard InChI is InChI=1S/C21H17ClN4O5S/c1-28-14-8-11(4-5-13(14)31-19-7-6-18(22)25-26-19)20(27)24-21-23-12-9-15(29-2)16(30-3)10-17(12)32-21/h4-10H,1-3H3,(H,23,24,27). The van der Waals surface area contributed by atoms with Gasteiger partial charge in [-0.25, -0.2) is 4.98 Å². The average molecular weight is 473 g/mol. The Bertz CT molecular complexity index is 1240. The summed E-state index contributed by atoms with van der Waals surface area (Å²) in [7, 11) is 4.60. The third-order valence-corrected chi connectivity index (χ3v) is 5.50. The second-order valence-corrected chi connectivity index (χ2v) is 7.73. The molecule has 0 spiro atoms. The van der Waals surface area contributed by atoms with Gasteiger partial charge in [0.05, 0.1) is 31.5 Å². The van der Waals surface area contributed by atoms with E-state index < -0.39 is 0 Å². The molecule has 1 amide bonds. The number of nitrogens with one attached hydrogen (secondary N) is 1. The summed E-state index contributed by atoms with van der Waals surface area (Å²) in [6, 6.07) is 11.5. The average Bonchev–Trinajstić information content (AvgIpc) is 3.20. The summed E-state index contributed by atoms with van der Waals surface area (Å²) < 4.78 is 22.5. The minimum atomic E-state index is -0.348. The number of hydrogen-bond acceptors (Lipinski definition) is 9. The van der Waals surface area contributed by atoms with Gasteiger partial charge in [-0.2, -0.15) is 0 Å². The summed E-state index contributed by atoms with van der Waals surface area (Å²) >= 11 is 7.06. The molecule has 0 radical (unpaired) electrons.